The molecule has 3 nitrogen and oxygen atoms in total. The van der Waals surface area contributed by atoms with E-state index in [1.807, 2.05) is 19.1 Å². The van der Waals surface area contributed by atoms with Gasteiger partial charge in [-0.1, -0.05) is 43.3 Å². The van der Waals surface area contributed by atoms with Crippen LogP contribution in [0.15, 0.2) is 61.3 Å². The fraction of sp³-hybridized carbons (Fsp3) is 0.368. The minimum absolute atomic E-state index is 0.280. The van der Waals surface area contributed by atoms with E-state index in [0.29, 0.717) is 6.54 Å². The summed E-state index contributed by atoms with van der Waals surface area (Å²) in [6.45, 7) is 9.00. The zero-order valence-corrected chi connectivity index (χ0v) is 13.4. The van der Waals surface area contributed by atoms with Crippen molar-refractivity contribution in [1.82, 2.24) is 9.47 Å². The highest BCUT2D eigenvalue weighted by Gasteiger charge is 2.12. The molecule has 0 amide bonds. The maximum Gasteiger partial charge on any atom is 0.0664 e. The normalized spacial score (nSPS) is 12.5. The van der Waals surface area contributed by atoms with Crippen molar-refractivity contribution in [2.24, 2.45) is 0 Å². The summed E-state index contributed by atoms with van der Waals surface area (Å²) < 4.78 is 2.27. The summed E-state index contributed by atoms with van der Waals surface area (Å²) in [4.78, 5) is 2.23. The molecule has 0 unspecified atom stereocenters. The number of benzene rings is 1. The van der Waals surface area contributed by atoms with E-state index in [2.05, 4.69) is 58.6 Å². The van der Waals surface area contributed by atoms with Gasteiger partial charge in [-0.05, 0) is 24.1 Å². The Labute approximate surface area is 133 Å². The molecular weight excluding hydrogens is 272 g/mol. The quantitative estimate of drug-likeness (QED) is 0.720. The molecule has 0 saturated heterocycles. The van der Waals surface area contributed by atoms with Crippen LogP contribution in [0.2, 0.25) is 0 Å². The second-order valence-corrected chi connectivity index (χ2v) is 5.66. The average molecular weight is 298 g/mol. The molecule has 1 atom stereocenters. The smallest absolute Gasteiger partial charge is 0.0664 e. The van der Waals surface area contributed by atoms with Gasteiger partial charge in [0.25, 0.3) is 0 Å². The van der Waals surface area contributed by atoms with Gasteiger partial charge < -0.3 is 9.67 Å². The van der Waals surface area contributed by atoms with E-state index in [9.17, 15) is 5.11 Å². The number of hydrogen-bond acceptors (Lipinski definition) is 2. The Morgan fingerprint density at radius 3 is 2.68 bits per heavy atom. The third kappa shape index (κ3) is 4.86. The van der Waals surface area contributed by atoms with E-state index >= 15 is 0 Å². The lowest BCUT2D eigenvalue weighted by Gasteiger charge is -2.24. The number of aromatic nitrogens is 1. The average Bonchev–Trinajstić information content (AvgIpc) is 2.95. The van der Waals surface area contributed by atoms with Crippen LogP contribution in [-0.4, -0.2) is 33.8 Å². The minimum Gasteiger partial charge on any atom is -0.392 e. The molecule has 0 aliphatic carbocycles. The van der Waals surface area contributed by atoms with Crippen molar-refractivity contribution in [3.8, 4) is 0 Å². The molecule has 22 heavy (non-hydrogen) atoms. The van der Waals surface area contributed by atoms with Gasteiger partial charge in [-0.3, -0.25) is 4.90 Å². The second-order valence-electron chi connectivity index (χ2n) is 5.66. The molecule has 3 heteroatoms. The third-order valence-corrected chi connectivity index (χ3v) is 3.83. The lowest BCUT2D eigenvalue weighted by molar-refractivity contribution is 0.111. The fourth-order valence-corrected chi connectivity index (χ4v) is 2.57. The van der Waals surface area contributed by atoms with Crippen molar-refractivity contribution in [3.05, 3.63) is 72.6 Å². The molecule has 1 heterocycles. The Morgan fingerprint density at radius 2 is 2.00 bits per heavy atom. The van der Waals surface area contributed by atoms with Crippen molar-refractivity contribution < 1.29 is 5.11 Å². The standard InChI is InChI=1S/C19H26N2O/c1-3-12-20(16-19(22)4-2)15-18-11-8-13-21(18)14-17-9-6-5-7-10-17/h3,5-11,13,19,22H,1,4,12,14-16H2,2H3/t19-/m1/s1. The first-order chi connectivity index (χ1) is 10.7. The van der Waals surface area contributed by atoms with Crippen LogP contribution in [0.3, 0.4) is 0 Å². The Hall–Kier alpha value is -1.84. The van der Waals surface area contributed by atoms with Crippen LogP contribution < -0.4 is 0 Å². The number of hydrogen-bond donors (Lipinski definition) is 1. The van der Waals surface area contributed by atoms with E-state index < -0.39 is 0 Å². The largest absolute Gasteiger partial charge is 0.392 e. The topological polar surface area (TPSA) is 28.4 Å². The van der Waals surface area contributed by atoms with Crippen LogP contribution in [0.1, 0.15) is 24.6 Å². The summed E-state index contributed by atoms with van der Waals surface area (Å²) in [5.41, 5.74) is 2.55. The SMILES string of the molecule is C=CCN(Cc1cccn1Cc1ccccc1)C[C@H](O)CC. The summed E-state index contributed by atoms with van der Waals surface area (Å²) in [7, 11) is 0. The monoisotopic (exact) mass is 298 g/mol. The predicted molar refractivity (Wildman–Crippen MR) is 91.7 cm³/mol. The first kappa shape index (κ1) is 16.5. The third-order valence-electron chi connectivity index (χ3n) is 3.83. The first-order valence-electron chi connectivity index (χ1n) is 7.92. The van der Waals surface area contributed by atoms with Crippen molar-refractivity contribution in [2.75, 3.05) is 13.1 Å². The van der Waals surface area contributed by atoms with E-state index in [1.54, 1.807) is 0 Å². The molecule has 0 saturated carbocycles. The van der Waals surface area contributed by atoms with Crippen LogP contribution >= 0.6 is 0 Å². The van der Waals surface area contributed by atoms with Gasteiger partial charge in [0.15, 0.2) is 0 Å². The van der Waals surface area contributed by atoms with Crippen LogP contribution in [0.25, 0.3) is 0 Å². The molecule has 2 aromatic rings. The van der Waals surface area contributed by atoms with Crippen molar-refractivity contribution in [1.29, 1.82) is 0 Å². The zero-order chi connectivity index (χ0) is 15.8. The van der Waals surface area contributed by atoms with Gasteiger partial charge in [0, 0.05) is 38.1 Å². The van der Waals surface area contributed by atoms with Gasteiger partial charge in [-0.15, -0.1) is 6.58 Å². The number of rotatable bonds is 9. The van der Waals surface area contributed by atoms with Gasteiger partial charge >= 0.3 is 0 Å². The van der Waals surface area contributed by atoms with E-state index in [0.717, 1.165) is 26.1 Å². The van der Waals surface area contributed by atoms with Gasteiger partial charge in [0.2, 0.25) is 0 Å². The van der Waals surface area contributed by atoms with E-state index in [-0.39, 0.29) is 6.10 Å². The molecular formula is C19H26N2O. The summed E-state index contributed by atoms with van der Waals surface area (Å²) in [6, 6.07) is 14.7. The number of aliphatic hydroxyl groups excluding tert-OH is 1. The van der Waals surface area contributed by atoms with E-state index in [1.165, 1.54) is 11.3 Å². The highest BCUT2D eigenvalue weighted by molar-refractivity contribution is 5.17. The summed E-state index contributed by atoms with van der Waals surface area (Å²) >= 11 is 0. The Kier molecular flexibility index (Phi) is 6.44. The maximum atomic E-state index is 9.91. The first-order valence-corrected chi connectivity index (χ1v) is 7.92. The second kappa shape index (κ2) is 8.57. The highest BCUT2D eigenvalue weighted by atomic mass is 16.3. The Balaban J connectivity index is 2.05. The van der Waals surface area contributed by atoms with Crippen LogP contribution in [0.4, 0.5) is 0 Å². The van der Waals surface area contributed by atoms with Gasteiger partial charge in [-0.2, -0.15) is 0 Å². The van der Waals surface area contributed by atoms with Gasteiger partial charge in [0.1, 0.15) is 0 Å². The predicted octanol–water partition coefficient (Wildman–Crippen LogP) is 3.30. The molecule has 1 aromatic heterocycles. The summed E-state index contributed by atoms with van der Waals surface area (Å²) in [5, 5.41) is 9.91. The van der Waals surface area contributed by atoms with Gasteiger partial charge in [-0.25, -0.2) is 0 Å². The molecule has 0 aliphatic heterocycles. The highest BCUT2D eigenvalue weighted by Crippen LogP contribution is 2.11. The molecule has 0 bridgehead atoms. The Morgan fingerprint density at radius 1 is 1.23 bits per heavy atom. The summed E-state index contributed by atoms with van der Waals surface area (Å²) in [5.74, 6) is 0. The fourth-order valence-electron chi connectivity index (χ4n) is 2.57. The van der Waals surface area contributed by atoms with Crippen LogP contribution in [-0.2, 0) is 13.1 Å². The van der Waals surface area contributed by atoms with Crippen molar-refractivity contribution in [2.45, 2.75) is 32.5 Å². The molecule has 118 valence electrons. The minimum atomic E-state index is -0.280. The molecule has 0 aliphatic rings. The number of nitrogens with zero attached hydrogens (tertiary/aromatic N) is 2. The van der Waals surface area contributed by atoms with Crippen molar-refractivity contribution >= 4 is 0 Å². The van der Waals surface area contributed by atoms with Crippen LogP contribution in [0.5, 0.6) is 0 Å². The summed E-state index contributed by atoms with van der Waals surface area (Å²) in [6.07, 6.45) is 4.51. The molecule has 0 fully saturated rings. The van der Waals surface area contributed by atoms with Gasteiger partial charge in [0.05, 0.1) is 6.10 Å². The number of aliphatic hydroxyl groups is 1. The van der Waals surface area contributed by atoms with Crippen LogP contribution in [0, 0.1) is 0 Å². The molecule has 0 radical (unpaired) electrons. The van der Waals surface area contributed by atoms with Crippen molar-refractivity contribution in [3.63, 3.8) is 0 Å². The molecule has 1 aromatic carbocycles. The molecule has 2 rings (SSSR count). The molecule has 1 N–H and O–H groups in total. The van der Waals surface area contributed by atoms with E-state index in [4.69, 9.17) is 0 Å². The lowest BCUT2D eigenvalue weighted by atomic mass is 10.2. The maximum absolute atomic E-state index is 9.91. The Bertz CT molecular complexity index is 562. The zero-order valence-electron chi connectivity index (χ0n) is 13.4. The lowest BCUT2D eigenvalue weighted by Crippen LogP contribution is -2.32. The molecule has 0 spiro atoms.